The number of aromatic nitrogens is 2. The molecule has 2 aromatic carbocycles. The van der Waals surface area contributed by atoms with Crippen molar-refractivity contribution < 1.29 is 23.8 Å². The topological polar surface area (TPSA) is 129 Å². The zero-order chi connectivity index (χ0) is 30.2. The zero-order valence-electron chi connectivity index (χ0n) is 24.1. The molecule has 3 aromatic rings. The van der Waals surface area contributed by atoms with Crippen molar-refractivity contribution in [3.05, 3.63) is 83.6 Å². The van der Waals surface area contributed by atoms with Gasteiger partial charge in [0.2, 0.25) is 11.8 Å². The van der Waals surface area contributed by atoms with Crippen molar-refractivity contribution in [2.24, 2.45) is 0 Å². The number of benzene rings is 2. The first-order valence-corrected chi connectivity index (χ1v) is 13.5. The summed E-state index contributed by atoms with van der Waals surface area (Å²) in [5.41, 5.74) is 0.841. The van der Waals surface area contributed by atoms with Crippen LogP contribution in [0.2, 0.25) is 6.82 Å². The third kappa shape index (κ3) is 9.26. The van der Waals surface area contributed by atoms with E-state index in [9.17, 15) is 23.8 Å². The van der Waals surface area contributed by atoms with Crippen LogP contribution in [0.25, 0.3) is 0 Å². The Morgan fingerprint density at radius 2 is 1.85 bits per heavy atom. The Balaban J connectivity index is 1.72. The highest BCUT2D eigenvalue weighted by Gasteiger charge is 2.33. The fraction of sp³-hybridized carbons (Fsp3) is 0.379. The first-order valence-electron chi connectivity index (χ1n) is 13.5. The fourth-order valence-electron chi connectivity index (χ4n) is 4.40. The van der Waals surface area contributed by atoms with Gasteiger partial charge in [-0.15, -0.1) is 0 Å². The molecule has 218 valence electrons. The van der Waals surface area contributed by atoms with Crippen molar-refractivity contribution in [2.45, 2.75) is 58.1 Å². The third-order valence-electron chi connectivity index (χ3n) is 6.51. The number of imidazole rings is 1. The van der Waals surface area contributed by atoms with Gasteiger partial charge in [-0.25, -0.2) is 9.37 Å². The quantitative estimate of drug-likeness (QED) is 0.237. The molecular formula is C29H38BFN6O4. The first kappa shape index (κ1) is 31.5. The molecule has 0 radical (unpaired) electrons. The Bertz CT molecular complexity index is 1350. The minimum Gasteiger partial charge on any atom is -0.437 e. The van der Waals surface area contributed by atoms with E-state index in [4.69, 9.17) is 0 Å². The lowest BCUT2D eigenvalue weighted by Crippen LogP contribution is -2.60. The van der Waals surface area contributed by atoms with Crippen LogP contribution in [0, 0.1) is 5.82 Å². The molecule has 0 bridgehead atoms. The lowest BCUT2D eigenvalue weighted by atomic mass is 9.83. The van der Waals surface area contributed by atoms with Gasteiger partial charge in [0.25, 0.3) is 5.91 Å². The van der Waals surface area contributed by atoms with Gasteiger partial charge in [0.1, 0.15) is 11.9 Å². The van der Waals surface area contributed by atoms with E-state index < -0.39 is 36.3 Å². The molecule has 12 heteroatoms. The fourth-order valence-corrected chi connectivity index (χ4v) is 4.40. The van der Waals surface area contributed by atoms with E-state index in [1.54, 1.807) is 44.8 Å². The second-order valence-corrected chi connectivity index (χ2v) is 10.8. The van der Waals surface area contributed by atoms with Gasteiger partial charge in [-0.2, -0.15) is 0 Å². The minimum absolute atomic E-state index is 0.231. The molecule has 0 saturated carbocycles. The number of anilines is 1. The average Bonchev–Trinajstić information content (AvgIpc) is 3.34. The van der Waals surface area contributed by atoms with E-state index in [1.165, 1.54) is 30.2 Å². The Kier molecular flexibility index (Phi) is 10.8. The number of rotatable bonds is 13. The summed E-state index contributed by atoms with van der Waals surface area (Å²) in [6.07, 6.45) is 4.86. The van der Waals surface area contributed by atoms with Gasteiger partial charge in [-0.1, -0.05) is 36.4 Å². The molecule has 1 unspecified atom stereocenters. The van der Waals surface area contributed by atoms with Crippen molar-refractivity contribution in [1.82, 2.24) is 25.0 Å². The van der Waals surface area contributed by atoms with Crippen LogP contribution in [0.4, 0.5) is 10.2 Å². The molecule has 4 N–H and O–H groups in total. The standard InChI is InChI=1S/C29H38BFN6O4/c1-29(2,35-30(3)41)28(40)33-24(13-9-12-20-10-7-6-8-11-20)26(38)34-25-18-37(19-32-25)17-21-14-15-22(31)16-23(21)27(39)36(4)5/h6-8,10-11,14-16,18-19,24,35,41H,9,12-13,17H2,1-5H3,(H,33,40)(H,34,38). The molecule has 10 nitrogen and oxygen atoms in total. The number of carbonyl (C=O) groups excluding carboxylic acids is 3. The van der Waals surface area contributed by atoms with E-state index in [0.29, 0.717) is 18.4 Å². The maximum Gasteiger partial charge on any atom is 0.374 e. The summed E-state index contributed by atoms with van der Waals surface area (Å²) >= 11 is 0. The van der Waals surface area contributed by atoms with Crippen molar-refractivity contribution in [3.8, 4) is 0 Å². The van der Waals surface area contributed by atoms with E-state index in [-0.39, 0.29) is 23.8 Å². The Labute approximate surface area is 240 Å². The van der Waals surface area contributed by atoms with E-state index in [1.807, 2.05) is 30.3 Å². The summed E-state index contributed by atoms with van der Waals surface area (Å²) in [6, 6.07) is 13.0. The van der Waals surface area contributed by atoms with Gasteiger partial charge < -0.3 is 30.4 Å². The summed E-state index contributed by atoms with van der Waals surface area (Å²) in [6.45, 7) is 5.00. The monoisotopic (exact) mass is 564 g/mol. The number of hydrogen-bond acceptors (Lipinski definition) is 6. The summed E-state index contributed by atoms with van der Waals surface area (Å²) in [5.74, 6) is -1.44. The average molecular weight is 564 g/mol. The lowest BCUT2D eigenvalue weighted by molar-refractivity contribution is -0.130. The molecule has 1 heterocycles. The van der Waals surface area contributed by atoms with Gasteiger partial charge in [0.05, 0.1) is 11.9 Å². The highest BCUT2D eigenvalue weighted by atomic mass is 19.1. The molecule has 0 aliphatic carbocycles. The largest absolute Gasteiger partial charge is 0.437 e. The SMILES string of the molecule is CB(O)NC(C)(C)C(=O)NC(CCCc1ccccc1)C(=O)Nc1cn(Cc2ccc(F)cc2C(=O)N(C)C)cn1. The molecule has 41 heavy (non-hydrogen) atoms. The number of aryl methyl sites for hydroxylation is 1. The number of amides is 3. The molecular weight excluding hydrogens is 526 g/mol. The summed E-state index contributed by atoms with van der Waals surface area (Å²) in [4.78, 5) is 44.5. The molecule has 3 rings (SSSR count). The highest BCUT2D eigenvalue weighted by Crippen LogP contribution is 2.17. The second kappa shape index (κ2) is 14.0. The smallest absolute Gasteiger partial charge is 0.374 e. The number of halogens is 1. The highest BCUT2D eigenvalue weighted by molar-refractivity contribution is 6.46. The predicted molar refractivity (Wildman–Crippen MR) is 157 cm³/mol. The van der Waals surface area contributed by atoms with Crippen LogP contribution >= 0.6 is 0 Å². The van der Waals surface area contributed by atoms with E-state index in [2.05, 4.69) is 20.8 Å². The predicted octanol–water partition coefficient (Wildman–Crippen LogP) is 2.70. The number of carbonyl (C=O) groups is 3. The van der Waals surface area contributed by atoms with Gasteiger partial charge in [-0.05, 0) is 63.2 Å². The van der Waals surface area contributed by atoms with Gasteiger partial charge >= 0.3 is 7.05 Å². The van der Waals surface area contributed by atoms with Crippen LogP contribution < -0.4 is 15.9 Å². The van der Waals surface area contributed by atoms with Gasteiger partial charge in [0.15, 0.2) is 5.82 Å². The molecule has 3 amide bonds. The van der Waals surface area contributed by atoms with Crippen LogP contribution in [-0.2, 0) is 22.6 Å². The summed E-state index contributed by atoms with van der Waals surface area (Å²) < 4.78 is 15.5. The molecule has 0 fully saturated rings. The minimum atomic E-state index is -1.12. The molecule has 1 aromatic heterocycles. The number of hydrogen-bond donors (Lipinski definition) is 4. The molecule has 1 atom stereocenters. The first-order chi connectivity index (χ1) is 19.4. The summed E-state index contributed by atoms with van der Waals surface area (Å²) in [7, 11) is 2.27. The van der Waals surface area contributed by atoms with Crippen LogP contribution in [0.5, 0.6) is 0 Å². The summed E-state index contributed by atoms with van der Waals surface area (Å²) in [5, 5.41) is 18.1. The maximum atomic E-state index is 13.9. The Hall–Kier alpha value is -4.03. The van der Waals surface area contributed by atoms with E-state index in [0.717, 1.165) is 12.0 Å². The molecule has 0 saturated heterocycles. The number of nitrogens with one attached hydrogen (secondary N) is 3. The lowest BCUT2D eigenvalue weighted by Gasteiger charge is -2.28. The molecule has 0 aliphatic heterocycles. The van der Waals surface area contributed by atoms with Crippen molar-refractivity contribution in [3.63, 3.8) is 0 Å². The number of nitrogens with zero attached hydrogens (tertiary/aromatic N) is 3. The van der Waals surface area contributed by atoms with Crippen LogP contribution in [0.1, 0.15) is 48.2 Å². The van der Waals surface area contributed by atoms with Crippen molar-refractivity contribution in [1.29, 1.82) is 0 Å². The van der Waals surface area contributed by atoms with E-state index >= 15 is 0 Å². The Morgan fingerprint density at radius 1 is 1.15 bits per heavy atom. The molecule has 0 aliphatic rings. The molecule has 0 spiro atoms. The third-order valence-corrected chi connectivity index (χ3v) is 6.51. The van der Waals surface area contributed by atoms with Crippen LogP contribution in [0.15, 0.2) is 61.1 Å². The van der Waals surface area contributed by atoms with Crippen LogP contribution in [-0.4, -0.2) is 69.9 Å². The zero-order valence-corrected chi connectivity index (χ0v) is 24.1. The van der Waals surface area contributed by atoms with Gasteiger partial charge in [0, 0.05) is 32.4 Å². The Morgan fingerprint density at radius 3 is 2.51 bits per heavy atom. The van der Waals surface area contributed by atoms with Crippen molar-refractivity contribution in [2.75, 3.05) is 19.4 Å². The van der Waals surface area contributed by atoms with Gasteiger partial charge in [-0.3, -0.25) is 14.4 Å². The van der Waals surface area contributed by atoms with Crippen molar-refractivity contribution >= 4 is 30.6 Å². The second-order valence-electron chi connectivity index (χ2n) is 10.8. The van der Waals surface area contributed by atoms with Crippen LogP contribution in [0.3, 0.4) is 0 Å². The maximum absolute atomic E-state index is 13.9. The normalized spacial score (nSPS) is 12.0.